The monoisotopic (exact) mass is 359 g/mol. The van der Waals surface area contributed by atoms with Gasteiger partial charge in [-0.05, 0) is 18.2 Å². The van der Waals surface area contributed by atoms with Gasteiger partial charge in [-0.2, -0.15) is 0 Å². The van der Waals surface area contributed by atoms with E-state index in [0.717, 1.165) is 17.3 Å². The first-order chi connectivity index (χ1) is 9.58. The highest BCUT2D eigenvalue weighted by Crippen LogP contribution is 2.32. The molecule has 2 aliphatic heterocycles. The molecule has 0 radical (unpaired) electrons. The Morgan fingerprint density at radius 2 is 1.85 bits per heavy atom. The Labute approximate surface area is 131 Å². The van der Waals surface area contributed by atoms with Crippen molar-refractivity contribution in [1.82, 2.24) is 4.90 Å². The van der Waals surface area contributed by atoms with Gasteiger partial charge in [-0.15, -0.1) is 0 Å². The van der Waals surface area contributed by atoms with Gasteiger partial charge in [0, 0.05) is 41.0 Å². The van der Waals surface area contributed by atoms with E-state index in [9.17, 15) is 4.79 Å². The summed E-state index contributed by atoms with van der Waals surface area (Å²) < 4.78 is 12.1. The first kappa shape index (κ1) is 14.3. The number of carbonyl (C=O) groups is 1. The van der Waals surface area contributed by atoms with E-state index < -0.39 is 5.79 Å². The highest BCUT2D eigenvalue weighted by molar-refractivity contribution is 9.10. The predicted molar refractivity (Wildman–Crippen MR) is 78.9 cm³/mol. The van der Waals surface area contributed by atoms with Gasteiger partial charge in [0.2, 0.25) is 0 Å². The topological polar surface area (TPSA) is 38.8 Å². The van der Waals surface area contributed by atoms with Crippen molar-refractivity contribution in [3.63, 3.8) is 0 Å². The number of rotatable bonds is 1. The highest BCUT2D eigenvalue weighted by Gasteiger charge is 2.40. The molecule has 4 nitrogen and oxygen atoms in total. The molecule has 2 saturated heterocycles. The van der Waals surface area contributed by atoms with Crippen molar-refractivity contribution >= 4 is 33.4 Å². The molecule has 3 rings (SSSR count). The van der Waals surface area contributed by atoms with Crippen LogP contribution in [0.1, 0.15) is 23.2 Å². The van der Waals surface area contributed by atoms with Gasteiger partial charge in [0.1, 0.15) is 0 Å². The summed E-state index contributed by atoms with van der Waals surface area (Å²) in [5.74, 6) is -0.452. The quantitative estimate of drug-likeness (QED) is 0.772. The second kappa shape index (κ2) is 5.64. The zero-order chi connectivity index (χ0) is 14.2. The Bertz CT molecular complexity index is 501. The smallest absolute Gasteiger partial charge is 0.253 e. The van der Waals surface area contributed by atoms with Crippen LogP contribution in [0.5, 0.6) is 0 Å². The van der Waals surface area contributed by atoms with Crippen LogP contribution < -0.4 is 0 Å². The van der Waals surface area contributed by atoms with Gasteiger partial charge in [0.15, 0.2) is 5.79 Å². The van der Waals surface area contributed by atoms with Gasteiger partial charge in [-0.3, -0.25) is 4.79 Å². The van der Waals surface area contributed by atoms with E-state index in [1.165, 1.54) is 0 Å². The molecule has 6 heteroatoms. The summed E-state index contributed by atoms with van der Waals surface area (Å²) in [6, 6.07) is 5.26. The maximum absolute atomic E-state index is 12.5. The SMILES string of the molecule is O=C(c1cc(Cl)cc(Br)c1)N1CCC2(CC1)OCCO2. The third-order valence-corrected chi connectivity index (χ3v) is 4.41. The molecule has 0 saturated carbocycles. The molecule has 1 amide bonds. The van der Waals surface area contributed by atoms with Crippen molar-refractivity contribution in [2.75, 3.05) is 26.3 Å². The summed E-state index contributed by atoms with van der Waals surface area (Å²) in [7, 11) is 0. The van der Waals surface area contributed by atoms with E-state index in [-0.39, 0.29) is 5.91 Å². The van der Waals surface area contributed by atoms with E-state index >= 15 is 0 Å². The lowest BCUT2D eigenvalue weighted by Crippen LogP contribution is -2.47. The molecule has 108 valence electrons. The van der Waals surface area contributed by atoms with E-state index in [1.807, 2.05) is 4.90 Å². The van der Waals surface area contributed by atoms with Crippen LogP contribution in [-0.4, -0.2) is 42.9 Å². The molecule has 0 aliphatic carbocycles. The first-order valence-corrected chi connectivity index (χ1v) is 7.78. The summed E-state index contributed by atoms with van der Waals surface area (Å²) in [6.07, 6.45) is 1.45. The Morgan fingerprint density at radius 1 is 1.20 bits per heavy atom. The van der Waals surface area contributed by atoms with Crippen LogP contribution >= 0.6 is 27.5 Å². The molecule has 1 aromatic carbocycles. The largest absolute Gasteiger partial charge is 0.347 e. The highest BCUT2D eigenvalue weighted by atomic mass is 79.9. The molecule has 0 aromatic heterocycles. The molecule has 1 spiro atoms. The summed E-state index contributed by atoms with van der Waals surface area (Å²) >= 11 is 9.35. The number of halogens is 2. The zero-order valence-electron chi connectivity index (χ0n) is 10.9. The number of carbonyl (C=O) groups excluding carboxylic acids is 1. The molecule has 2 aliphatic rings. The number of piperidine rings is 1. The number of amides is 1. The Morgan fingerprint density at radius 3 is 2.45 bits per heavy atom. The molecule has 0 unspecified atom stereocenters. The van der Waals surface area contributed by atoms with Crippen LogP contribution in [0.25, 0.3) is 0 Å². The number of ether oxygens (including phenoxy) is 2. The molecule has 20 heavy (non-hydrogen) atoms. The molecular weight excluding hydrogens is 346 g/mol. The van der Waals surface area contributed by atoms with Crippen molar-refractivity contribution in [2.24, 2.45) is 0 Å². The molecule has 0 N–H and O–H groups in total. The van der Waals surface area contributed by atoms with Gasteiger partial charge < -0.3 is 14.4 Å². The first-order valence-electron chi connectivity index (χ1n) is 6.61. The lowest BCUT2D eigenvalue weighted by atomic mass is 10.0. The fourth-order valence-electron chi connectivity index (χ4n) is 2.70. The Hall–Kier alpha value is -0.620. The lowest BCUT2D eigenvalue weighted by molar-refractivity contribution is -0.181. The summed E-state index contributed by atoms with van der Waals surface area (Å²) in [5, 5.41) is 0.554. The standard InChI is InChI=1S/C14H15BrClNO3/c15-11-7-10(8-12(16)9-11)13(18)17-3-1-14(2-4-17)19-5-6-20-14/h7-9H,1-6H2. The Balaban J connectivity index is 1.69. The summed E-state index contributed by atoms with van der Waals surface area (Å²) in [5.41, 5.74) is 0.605. The number of likely N-dealkylation sites (tertiary alicyclic amines) is 1. The van der Waals surface area contributed by atoms with Crippen LogP contribution in [-0.2, 0) is 9.47 Å². The van der Waals surface area contributed by atoms with Crippen molar-refractivity contribution in [1.29, 1.82) is 0 Å². The molecule has 2 heterocycles. The van der Waals surface area contributed by atoms with Gasteiger partial charge in [-0.1, -0.05) is 27.5 Å². The minimum absolute atomic E-state index is 0.000969. The summed E-state index contributed by atoms with van der Waals surface area (Å²) in [6.45, 7) is 2.58. The Kier molecular flexibility index (Phi) is 4.04. The number of hydrogen-bond donors (Lipinski definition) is 0. The van der Waals surface area contributed by atoms with Gasteiger partial charge in [0.25, 0.3) is 5.91 Å². The van der Waals surface area contributed by atoms with Crippen LogP contribution in [0.15, 0.2) is 22.7 Å². The number of benzene rings is 1. The fourth-order valence-corrected chi connectivity index (χ4v) is 3.56. The second-order valence-electron chi connectivity index (χ2n) is 5.06. The van der Waals surface area contributed by atoms with Crippen LogP contribution in [0.4, 0.5) is 0 Å². The van der Waals surface area contributed by atoms with Crippen molar-refractivity contribution < 1.29 is 14.3 Å². The van der Waals surface area contributed by atoms with E-state index in [1.54, 1.807) is 18.2 Å². The van der Waals surface area contributed by atoms with Gasteiger partial charge in [-0.25, -0.2) is 0 Å². The zero-order valence-corrected chi connectivity index (χ0v) is 13.2. The minimum Gasteiger partial charge on any atom is -0.347 e. The average Bonchev–Trinajstić information content (AvgIpc) is 2.86. The minimum atomic E-state index is -0.453. The van der Waals surface area contributed by atoms with E-state index in [0.29, 0.717) is 36.9 Å². The molecule has 1 aromatic rings. The van der Waals surface area contributed by atoms with Crippen LogP contribution in [0, 0.1) is 0 Å². The summed E-state index contributed by atoms with van der Waals surface area (Å²) in [4.78, 5) is 14.3. The maximum atomic E-state index is 12.5. The van der Waals surface area contributed by atoms with E-state index in [2.05, 4.69) is 15.9 Å². The second-order valence-corrected chi connectivity index (χ2v) is 6.41. The number of hydrogen-bond acceptors (Lipinski definition) is 3. The normalized spacial score (nSPS) is 21.4. The van der Waals surface area contributed by atoms with Gasteiger partial charge >= 0.3 is 0 Å². The molecule has 0 atom stereocenters. The van der Waals surface area contributed by atoms with Crippen molar-refractivity contribution in [3.05, 3.63) is 33.3 Å². The molecule has 2 fully saturated rings. The van der Waals surface area contributed by atoms with Crippen molar-refractivity contribution in [3.8, 4) is 0 Å². The lowest BCUT2D eigenvalue weighted by Gasteiger charge is -2.37. The average molecular weight is 361 g/mol. The third-order valence-electron chi connectivity index (χ3n) is 3.74. The van der Waals surface area contributed by atoms with Crippen LogP contribution in [0.2, 0.25) is 5.02 Å². The third kappa shape index (κ3) is 2.86. The predicted octanol–water partition coefficient (Wildman–Crippen LogP) is 3.08. The van der Waals surface area contributed by atoms with Crippen molar-refractivity contribution in [2.45, 2.75) is 18.6 Å². The van der Waals surface area contributed by atoms with Gasteiger partial charge in [0.05, 0.1) is 13.2 Å². The molecule has 0 bridgehead atoms. The van der Waals surface area contributed by atoms with Crippen LogP contribution in [0.3, 0.4) is 0 Å². The maximum Gasteiger partial charge on any atom is 0.253 e. The van der Waals surface area contributed by atoms with E-state index in [4.69, 9.17) is 21.1 Å². The number of nitrogens with zero attached hydrogens (tertiary/aromatic N) is 1. The molecular formula is C14H15BrClNO3. The fraction of sp³-hybridized carbons (Fsp3) is 0.500.